The van der Waals surface area contributed by atoms with Crippen LogP contribution in [-0.2, 0) is 5.41 Å². The number of fused-ring (bicyclic) bond motifs is 1. The summed E-state index contributed by atoms with van der Waals surface area (Å²) in [5.74, 6) is 2.56. The van der Waals surface area contributed by atoms with E-state index in [4.69, 9.17) is 4.74 Å². The van der Waals surface area contributed by atoms with Gasteiger partial charge in [0.25, 0.3) is 0 Å². The van der Waals surface area contributed by atoms with Crippen molar-refractivity contribution in [1.29, 1.82) is 0 Å². The smallest absolute Gasteiger partial charge is 0.119 e. The van der Waals surface area contributed by atoms with E-state index in [0.717, 1.165) is 30.7 Å². The van der Waals surface area contributed by atoms with Gasteiger partial charge >= 0.3 is 0 Å². The molecule has 2 aromatic carbocycles. The number of hydrogen-bond acceptors (Lipinski definition) is 5. The van der Waals surface area contributed by atoms with Crippen LogP contribution in [-0.4, -0.2) is 43.7 Å². The van der Waals surface area contributed by atoms with Crippen LogP contribution in [0, 0.1) is 11.8 Å². The van der Waals surface area contributed by atoms with Crippen molar-refractivity contribution in [2.24, 2.45) is 11.8 Å². The lowest BCUT2D eigenvalue weighted by Gasteiger charge is -2.26. The van der Waals surface area contributed by atoms with Gasteiger partial charge < -0.3 is 9.46 Å². The third kappa shape index (κ3) is 3.77. The van der Waals surface area contributed by atoms with Crippen molar-refractivity contribution in [3.8, 4) is 5.75 Å². The lowest BCUT2D eigenvalue weighted by Crippen LogP contribution is -2.33. The van der Waals surface area contributed by atoms with E-state index in [1.807, 2.05) is 0 Å². The standard InChI is InChI=1S/C23H30N2OS2/c1-4-23(17-6-5-7-18(14-17)24-28-3)21-15-25(16-22(21)23)12-13-26-19-8-10-20(27-2)11-9-19/h5-11,14,21-22,24H,4,12-13,15-16H2,1-3H3. The molecule has 0 bridgehead atoms. The first-order valence-corrected chi connectivity index (χ1v) is 12.5. The predicted molar refractivity (Wildman–Crippen MR) is 123 cm³/mol. The largest absolute Gasteiger partial charge is 0.492 e. The average molecular weight is 415 g/mol. The molecule has 28 heavy (non-hydrogen) atoms. The summed E-state index contributed by atoms with van der Waals surface area (Å²) in [6.07, 6.45) is 5.41. The first kappa shape index (κ1) is 20.0. The predicted octanol–water partition coefficient (Wildman–Crippen LogP) is 5.39. The van der Waals surface area contributed by atoms with Gasteiger partial charge in [-0.25, -0.2) is 0 Å². The molecule has 1 aliphatic heterocycles. The van der Waals surface area contributed by atoms with E-state index in [1.165, 1.54) is 35.7 Å². The Bertz CT molecular complexity index is 783. The minimum absolute atomic E-state index is 0.390. The van der Waals surface area contributed by atoms with Crippen molar-refractivity contribution in [2.45, 2.75) is 23.7 Å². The highest BCUT2D eigenvalue weighted by molar-refractivity contribution is 7.99. The van der Waals surface area contributed by atoms with Gasteiger partial charge in [0.15, 0.2) is 0 Å². The van der Waals surface area contributed by atoms with E-state index < -0.39 is 0 Å². The average Bonchev–Trinajstić information content (AvgIpc) is 3.11. The zero-order valence-electron chi connectivity index (χ0n) is 17.0. The molecule has 1 N–H and O–H groups in total. The molecule has 5 heteroatoms. The van der Waals surface area contributed by atoms with E-state index in [1.54, 1.807) is 23.7 Å². The van der Waals surface area contributed by atoms with Crippen LogP contribution in [0.3, 0.4) is 0 Å². The number of nitrogens with one attached hydrogen (secondary N) is 1. The monoisotopic (exact) mass is 414 g/mol. The second-order valence-electron chi connectivity index (χ2n) is 7.78. The van der Waals surface area contributed by atoms with Crippen LogP contribution >= 0.6 is 23.7 Å². The zero-order valence-corrected chi connectivity index (χ0v) is 18.6. The second-order valence-corrected chi connectivity index (χ2v) is 9.27. The highest BCUT2D eigenvalue weighted by atomic mass is 32.2. The third-order valence-corrected chi connectivity index (χ3v) is 7.73. The summed E-state index contributed by atoms with van der Waals surface area (Å²) in [6.45, 7) is 6.55. The molecule has 150 valence electrons. The van der Waals surface area contributed by atoms with E-state index in [-0.39, 0.29) is 0 Å². The number of thioether (sulfide) groups is 1. The number of ether oxygens (including phenoxy) is 1. The van der Waals surface area contributed by atoms with Crippen molar-refractivity contribution in [3.63, 3.8) is 0 Å². The maximum atomic E-state index is 5.96. The summed E-state index contributed by atoms with van der Waals surface area (Å²) in [6, 6.07) is 17.5. The molecule has 2 aliphatic rings. The normalized spacial score (nSPS) is 26.1. The number of nitrogens with zero attached hydrogens (tertiary/aromatic N) is 1. The van der Waals surface area contributed by atoms with Crippen LogP contribution in [0.5, 0.6) is 5.75 Å². The molecule has 1 saturated heterocycles. The number of likely N-dealkylation sites (tertiary alicyclic amines) is 1. The molecule has 0 radical (unpaired) electrons. The molecule has 1 aliphatic carbocycles. The Labute approximate surface area is 177 Å². The minimum Gasteiger partial charge on any atom is -0.492 e. The first-order chi connectivity index (χ1) is 13.7. The summed E-state index contributed by atoms with van der Waals surface area (Å²) >= 11 is 3.42. The van der Waals surface area contributed by atoms with Gasteiger partial charge in [-0.2, -0.15) is 0 Å². The summed E-state index contributed by atoms with van der Waals surface area (Å²) < 4.78 is 9.35. The van der Waals surface area contributed by atoms with Gasteiger partial charge in [-0.3, -0.25) is 4.90 Å². The molecular formula is C23H30N2OS2. The van der Waals surface area contributed by atoms with Crippen molar-refractivity contribution < 1.29 is 4.74 Å². The summed E-state index contributed by atoms with van der Waals surface area (Å²) in [5.41, 5.74) is 3.13. The van der Waals surface area contributed by atoms with E-state index >= 15 is 0 Å². The van der Waals surface area contributed by atoms with Gasteiger partial charge in [-0.05, 0) is 66.5 Å². The van der Waals surface area contributed by atoms with Crippen molar-refractivity contribution in [3.05, 3.63) is 54.1 Å². The molecule has 1 saturated carbocycles. The number of piperidine rings is 1. The molecule has 4 rings (SSSR count). The first-order valence-electron chi connectivity index (χ1n) is 10.1. The Kier molecular flexibility index (Phi) is 6.14. The van der Waals surface area contributed by atoms with Crippen molar-refractivity contribution in [2.75, 3.05) is 43.5 Å². The number of rotatable bonds is 9. The quantitative estimate of drug-likeness (QED) is 0.438. The second kappa shape index (κ2) is 8.60. The minimum atomic E-state index is 0.390. The maximum absolute atomic E-state index is 5.96. The maximum Gasteiger partial charge on any atom is 0.119 e. The highest BCUT2D eigenvalue weighted by Crippen LogP contribution is 2.65. The lowest BCUT2D eigenvalue weighted by atomic mass is 9.87. The van der Waals surface area contributed by atoms with Gasteiger partial charge in [-0.15, -0.1) is 11.8 Å². The molecule has 0 amide bonds. The molecule has 2 atom stereocenters. The summed E-state index contributed by atoms with van der Waals surface area (Å²) in [4.78, 5) is 3.86. The van der Waals surface area contributed by atoms with Crippen molar-refractivity contribution >= 4 is 29.4 Å². The van der Waals surface area contributed by atoms with Crippen LogP contribution < -0.4 is 9.46 Å². The Balaban J connectivity index is 1.30. The van der Waals surface area contributed by atoms with Gasteiger partial charge in [0, 0.05) is 41.9 Å². The number of hydrogen-bond donors (Lipinski definition) is 1. The molecule has 1 heterocycles. The fraction of sp³-hybridized carbons (Fsp3) is 0.478. The van der Waals surface area contributed by atoms with Gasteiger partial charge in [0.2, 0.25) is 0 Å². The van der Waals surface area contributed by atoms with E-state index in [9.17, 15) is 0 Å². The molecule has 2 aromatic rings. The summed E-state index contributed by atoms with van der Waals surface area (Å²) in [7, 11) is 0. The summed E-state index contributed by atoms with van der Waals surface area (Å²) in [5, 5.41) is 0. The third-order valence-electron chi connectivity index (χ3n) is 6.55. The number of anilines is 1. The van der Waals surface area contributed by atoms with E-state index in [2.05, 4.69) is 77.6 Å². The Morgan fingerprint density at radius 3 is 2.50 bits per heavy atom. The van der Waals surface area contributed by atoms with E-state index in [0.29, 0.717) is 5.41 Å². The van der Waals surface area contributed by atoms with Crippen LogP contribution in [0.2, 0.25) is 0 Å². The molecular weight excluding hydrogens is 384 g/mol. The fourth-order valence-electron chi connectivity index (χ4n) is 5.11. The van der Waals surface area contributed by atoms with Gasteiger partial charge in [0.1, 0.15) is 12.4 Å². The highest BCUT2D eigenvalue weighted by Gasteiger charge is 2.67. The zero-order chi connectivity index (χ0) is 19.6. The Morgan fingerprint density at radius 1 is 1.11 bits per heavy atom. The Morgan fingerprint density at radius 2 is 1.86 bits per heavy atom. The lowest BCUT2D eigenvalue weighted by molar-refractivity contribution is 0.209. The van der Waals surface area contributed by atoms with Gasteiger partial charge in [-0.1, -0.05) is 31.0 Å². The van der Waals surface area contributed by atoms with Crippen LogP contribution in [0.25, 0.3) is 0 Å². The molecule has 3 nitrogen and oxygen atoms in total. The fourth-order valence-corrected chi connectivity index (χ4v) is 5.88. The SMILES string of the molecule is CCC1(c2cccc(NSC)c2)C2CN(CCOc3ccc(SC)cc3)CC21. The molecule has 0 aromatic heterocycles. The molecule has 2 unspecified atom stereocenters. The van der Waals surface area contributed by atoms with Crippen LogP contribution in [0.4, 0.5) is 5.69 Å². The molecule has 0 spiro atoms. The Hall–Kier alpha value is -1.30. The number of benzene rings is 2. The van der Waals surface area contributed by atoms with Crippen LogP contribution in [0.1, 0.15) is 18.9 Å². The van der Waals surface area contributed by atoms with Crippen molar-refractivity contribution in [1.82, 2.24) is 4.90 Å². The van der Waals surface area contributed by atoms with Gasteiger partial charge in [0.05, 0.1) is 0 Å². The van der Waals surface area contributed by atoms with Crippen LogP contribution in [0.15, 0.2) is 53.4 Å². The molecule has 2 fully saturated rings. The topological polar surface area (TPSA) is 24.5 Å².